The van der Waals surface area contributed by atoms with Crippen molar-refractivity contribution in [2.24, 2.45) is 0 Å². The lowest BCUT2D eigenvalue weighted by atomic mass is 9.94. The molecule has 7 aromatic carbocycles. The molecule has 9 rings (SSSR count). The second-order valence-electron chi connectivity index (χ2n) is 12.3. The van der Waals surface area contributed by atoms with E-state index in [0.29, 0.717) is 16.7 Å². The fourth-order valence-electron chi connectivity index (χ4n) is 7.46. The lowest BCUT2D eigenvalue weighted by Crippen LogP contribution is -1.99. The number of hydrogen-bond donors (Lipinski definition) is 0. The fraction of sp³-hybridized carbons (Fsp3) is 0. The van der Waals surface area contributed by atoms with Crippen molar-refractivity contribution in [1.82, 2.24) is 9.13 Å². The molecule has 0 bridgehead atoms. The molecule has 5 heteroatoms. The van der Waals surface area contributed by atoms with Crippen molar-refractivity contribution in [2.45, 2.75) is 0 Å². The predicted octanol–water partition coefficient (Wildman–Crippen LogP) is 10.8. The lowest BCUT2D eigenvalue weighted by molar-refractivity contribution is 1.18. The Morgan fingerprint density at radius 1 is 0.400 bits per heavy atom. The molecule has 0 unspecified atom stereocenters. The molecule has 0 aliphatic rings. The van der Waals surface area contributed by atoms with E-state index in [2.05, 4.69) is 100 Å². The molecule has 230 valence electrons. The molecular weight excluding hydrogens is 611 g/mol. The molecule has 0 N–H and O–H groups in total. The molecule has 9 aromatic rings. The van der Waals surface area contributed by atoms with Crippen LogP contribution in [0.4, 0.5) is 0 Å². The van der Waals surface area contributed by atoms with Gasteiger partial charge in [0.15, 0.2) is 0 Å². The zero-order valence-corrected chi connectivity index (χ0v) is 26.7. The molecular formula is C45H25N5. The summed E-state index contributed by atoms with van der Waals surface area (Å²) >= 11 is 0. The second-order valence-corrected chi connectivity index (χ2v) is 12.3. The Morgan fingerprint density at radius 3 is 1.82 bits per heavy atom. The highest BCUT2D eigenvalue weighted by atomic mass is 15.0. The van der Waals surface area contributed by atoms with Crippen molar-refractivity contribution in [3.05, 3.63) is 168 Å². The molecule has 0 aliphatic carbocycles. The van der Waals surface area contributed by atoms with E-state index >= 15 is 0 Å². The molecule has 0 saturated heterocycles. The van der Waals surface area contributed by atoms with Gasteiger partial charge in [-0.1, -0.05) is 91.0 Å². The van der Waals surface area contributed by atoms with E-state index in [9.17, 15) is 15.8 Å². The van der Waals surface area contributed by atoms with Gasteiger partial charge in [0.05, 0.1) is 56.6 Å². The number of rotatable bonds is 4. The Morgan fingerprint density at radius 2 is 1.06 bits per heavy atom. The second kappa shape index (κ2) is 11.4. The Bertz CT molecular complexity index is 2920. The highest BCUT2D eigenvalue weighted by molar-refractivity contribution is 6.12. The fourth-order valence-corrected chi connectivity index (χ4v) is 7.46. The van der Waals surface area contributed by atoms with Crippen LogP contribution in [0.25, 0.3) is 77.2 Å². The van der Waals surface area contributed by atoms with E-state index in [0.717, 1.165) is 66.5 Å². The summed E-state index contributed by atoms with van der Waals surface area (Å²) in [6, 6.07) is 57.8. The maximum Gasteiger partial charge on any atom is 0.101 e. The van der Waals surface area contributed by atoms with Crippen molar-refractivity contribution in [3.63, 3.8) is 0 Å². The van der Waals surface area contributed by atoms with Crippen LogP contribution in [-0.2, 0) is 0 Å². The van der Waals surface area contributed by atoms with Crippen LogP contribution in [0, 0.1) is 34.0 Å². The number of benzene rings is 7. The number of para-hydroxylation sites is 4. The molecule has 0 fully saturated rings. The molecule has 0 aliphatic heterocycles. The quantitative estimate of drug-likeness (QED) is 0.193. The van der Waals surface area contributed by atoms with Crippen LogP contribution in [0.5, 0.6) is 0 Å². The molecule has 0 saturated carbocycles. The van der Waals surface area contributed by atoms with Gasteiger partial charge in [-0.15, -0.1) is 0 Å². The van der Waals surface area contributed by atoms with Gasteiger partial charge in [0.1, 0.15) is 6.07 Å². The van der Waals surface area contributed by atoms with Crippen LogP contribution in [0.2, 0.25) is 0 Å². The first-order valence-electron chi connectivity index (χ1n) is 16.3. The molecule has 0 radical (unpaired) electrons. The third-order valence-corrected chi connectivity index (χ3v) is 9.63. The zero-order chi connectivity index (χ0) is 33.8. The van der Waals surface area contributed by atoms with E-state index in [1.165, 1.54) is 10.8 Å². The van der Waals surface area contributed by atoms with Crippen LogP contribution >= 0.6 is 0 Å². The van der Waals surface area contributed by atoms with Gasteiger partial charge in [-0.25, -0.2) is 0 Å². The predicted molar refractivity (Wildman–Crippen MR) is 200 cm³/mol. The third kappa shape index (κ3) is 4.31. The normalized spacial score (nSPS) is 11.1. The summed E-state index contributed by atoms with van der Waals surface area (Å²) < 4.78 is 4.39. The first-order valence-corrected chi connectivity index (χ1v) is 16.3. The standard InChI is InChI=1S/C45H25N5/c46-26-29-19-22-44-40(23-29)39-15-8-10-32(27-47)45(39)50(44)41-16-4-1-12-36(41)31-20-21-35(33(24-31)28-48)30-9-7-11-34(25-30)49-42-17-5-2-13-37(42)38-14-3-6-18-43(38)49/h1-25H. The Kier molecular flexibility index (Phi) is 6.56. The van der Waals surface area contributed by atoms with Crippen molar-refractivity contribution in [2.75, 3.05) is 0 Å². The van der Waals surface area contributed by atoms with E-state index in [1.807, 2.05) is 78.9 Å². The molecule has 0 atom stereocenters. The molecule has 50 heavy (non-hydrogen) atoms. The molecule has 2 heterocycles. The molecule has 5 nitrogen and oxygen atoms in total. The number of nitriles is 3. The van der Waals surface area contributed by atoms with Crippen molar-refractivity contribution >= 4 is 43.6 Å². The highest BCUT2D eigenvalue weighted by Gasteiger charge is 2.19. The molecule has 0 spiro atoms. The van der Waals surface area contributed by atoms with Crippen LogP contribution in [0.15, 0.2) is 152 Å². The number of hydrogen-bond acceptors (Lipinski definition) is 3. The zero-order valence-electron chi connectivity index (χ0n) is 26.7. The Hall–Kier alpha value is -7.39. The summed E-state index contributed by atoms with van der Waals surface area (Å²) in [6.45, 7) is 0. The van der Waals surface area contributed by atoms with Gasteiger partial charge in [-0.05, 0) is 77.4 Å². The van der Waals surface area contributed by atoms with Gasteiger partial charge in [-0.3, -0.25) is 0 Å². The number of nitrogens with zero attached hydrogens (tertiary/aromatic N) is 5. The maximum absolute atomic E-state index is 10.5. The number of aromatic nitrogens is 2. The van der Waals surface area contributed by atoms with E-state index in [-0.39, 0.29) is 0 Å². The smallest absolute Gasteiger partial charge is 0.101 e. The summed E-state index contributed by atoms with van der Waals surface area (Å²) in [6.07, 6.45) is 0. The summed E-state index contributed by atoms with van der Waals surface area (Å²) in [5, 5.41) is 34.5. The summed E-state index contributed by atoms with van der Waals surface area (Å²) in [5.41, 5.74) is 11.1. The monoisotopic (exact) mass is 635 g/mol. The Balaban J connectivity index is 1.21. The SMILES string of the molecule is N#Cc1ccc2c(c1)c1cccc(C#N)c1n2-c1ccccc1-c1ccc(-c2cccc(-n3c4ccccc4c4ccccc43)c2)c(C#N)c1. The lowest BCUT2D eigenvalue weighted by Gasteiger charge is -2.16. The molecule has 2 aromatic heterocycles. The third-order valence-electron chi connectivity index (χ3n) is 9.63. The topological polar surface area (TPSA) is 81.2 Å². The van der Waals surface area contributed by atoms with Gasteiger partial charge in [-0.2, -0.15) is 15.8 Å². The largest absolute Gasteiger partial charge is 0.309 e. The minimum Gasteiger partial charge on any atom is -0.309 e. The van der Waals surface area contributed by atoms with E-state index in [4.69, 9.17) is 0 Å². The average molecular weight is 636 g/mol. The van der Waals surface area contributed by atoms with E-state index < -0.39 is 0 Å². The van der Waals surface area contributed by atoms with Crippen LogP contribution in [-0.4, -0.2) is 9.13 Å². The Labute approximate surface area is 287 Å². The van der Waals surface area contributed by atoms with Crippen molar-refractivity contribution in [3.8, 4) is 51.8 Å². The van der Waals surface area contributed by atoms with Crippen LogP contribution < -0.4 is 0 Å². The minimum absolute atomic E-state index is 0.545. The first-order chi connectivity index (χ1) is 24.7. The van der Waals surface area contributed by atoms with Crippen molar-refractivity contribution < 1.29 is 0 Å². The average Bonchev–Trinajstić information content (AvgIpc) is 3.70. The van der Waals surface area contributed by atoms with Crippen LogP contribution in [0.3, 0.4) is 0 Å². The minimum atomic E-state index is 0.545. The van der Waals surface area contributed by atoms with Gasteiger partial charge in [0.2, 0.25) is 0 Å². The summed E-state index contributed by atoms with van der Waals surface area (Å²) in [7, 11) is 0. The van der Waals surface area contributed by atoms with Crippen LogP contribution in [0.1, 0.15) is 16.7 Å². The summed E-state index contributed by atoms with van der Waals surface area (Å²) in [5.74, 6) is 0. The maximum atomic E-state index is 10.5. The summed E-state index contributed by atoms with van der Waals surface area (Å²) in [4.78, 5) is 0. The number of fused-ring (bicyclic) bond motifs is 6. The van der Waals surface area contributed by atoms with E-state index in [1.54, 1.807) is 0 Å². The molecule has 0 amide bonds. The van der Waals surface area contributed by atoms with Gasteiger partial charge >= 0.3 is 0 Å². The van der Waals surface area contributed by atoms with Gasteiger partial charge in [0, 0.05) is 32.8 Å². The first kappa shape index (κ1) is 28.8. The highest BCUT2D eigenvalue weighted by Crippen LogP contribution is 2.39. The van der Waals surface area contributed by atoms with Gasteiger partial charge < -0.3 is 9.13 Å². The van der Waals surface area contributed by atoms with Crippen molar-refractivity contribution in [1.29, 1.82) is 15.8 Å². The van der Waals surface area contributed by atoms with Gasteiger partial charge in [0.25, 0.3) is 0 Å².